The number of halogens is 1. The predicted molar refractivity (Wildman–Crippen MR) is 124 cm³/mol. The lowest BCUT2D eigenvalue weighted by Gasteiger charge is -2.12. The maximum Gasteiger partial charge on any atom is 0.269 e. The van der Waals surface area contributed by atoms with Crippen molar-refractivity contribution < 1.29 is 22.1 Å². The largest absolute Gasteiger partial charge is 1.00 e. The highest BCUT2D eigenvalue weighted by molar-refractivity contribution is 8.03. The molecular weight excluding hydrogens is 450 g/mol. The number of thiazole rings is 1. The molecule has 3 heterocycles. The number of nitrogens with zero attached hydrogens (tertiary/aromatic N) is 3. The van der Waals surface area contributed by atoms with E-state index < -0.39 is 0 Å². The van der Waals surface area contributed by atoms with Crippen molar-refractivity contribution in [3.8, 4) is 0 Å². The Morgan fingerprint density at radius 2 is 1.90 bits per heavy atom. The Kier molecular flexibility index (Phi) is 7.78. The fraction of sp³-hybridized carbons (Fsp3) is 0.217. The van der Waals surface area contributed by atoms with E-state index in [0.717, 1.165) is 15.4 Å². The summed E-state index contributed by atoms with van der Waals surface area (Å²) < 4.78 is 5.40. The molecule has 0 aliphatic carbocycles. The Labute approximate surface area is 195 Å². The summed E-state index contributed by atoms with van der Waals surface area (Å²) in [6.45, 7) is 3.18. The molecule has 0 spiro atoms. The highest BCUT2D eigenvalue weighted by atomic mass is 35.5. The summed E-state index contributed by atoms with van der Waals surface area (Å²) in [4.78, 5) is 16.3. The van der Waals surface area contributed by atoms with Crippen LogP contribution in [-0.2, 0) is 13.1 Å². The van der Waals surface area contributed by atoms with Gasteiger partial charge in [-0.15, -0.1) is 11.3 Å². The van der Waals surface area contributed by atoms with E-state index in [1.165, 1.54) is 21.9 Å². The predicted octanol–water partition coefficient (Wildman–Crippen LogP) is -1.09. The van der Waals surface area contributed by atoms with Gasteiger partial charge in [0, 0.05) is 36.7 Å². The van der Waals surface area contributed by atoms with Crippen LogP contribution in [0.5, 0.6) is 0 Å². The molecule has 8 heteroatoms. The molecule has 3 aromatic rings. The summed E-state index contributed by atoms with van der Waals surface area (Å²) in [6.07, 6.45) is 7.90. The number of aromatic nitrogens is 2. The molecule has 0 radical (unpaired) electrons. The minimum absolute atomic E-state index is 0. The molecule has 0 fully saturated rings. The van der Waals surface area contributed by atoms with Crippen LogP contribution < -0.4 is 36.6 Å². The third-order valence-corrected chi connectivity index (χ3v) is 7.25. The van der Waals surface area contributed by atoms with Crippen molar-refractivity contribution in [1.29, 1.82) is 0 Å². The number of thioether (sulfide) groups is 1. The average molecular weight is 474 g/mol. The molecule has 0 saturated carbocycles. The van der Waals surface area contributed by atoms with Crippen molar-refractivity contribution in [1.82, 2.24) is 4.57 Å². The molecule has 0 atom stereocenters. The third kappa shape index (κ3) is 4.80. The number of para-hydroxylation sites is 1. The molecule has 1 aliphatic heterocycles. The van der Waals surface area contributed by atoms with Crippen LogP contribution in [0.2, 0.25) is 0 Å². The van der Waals surface area contributed by atoms with Crippen LogP contribution in [0.3, 0.4) is 0 Å². The van der Waals surface area contributed by atoms with Crippen molar-refractivity contribution in [2.24, 2.45) is 0 Å². The smallest absolute Gasteiger partial charge is 0.269 e. The summed E-state index contributed by atoms with van der Waals surface area (Å²) in [6, 6.07) is 14.2. The van der Waals surface area contributed by atoms with Crippen molar-refractivity contribution in [2.75, 3.05) is 18.6 Å². The molecule has 0 saturated heterocycles. The molecule has 4 rings (SSSR count). The number of rotatable bonds is 5. The number of aliphatic hydroxyl groups excluding tert-OH is 1. The number of benzene rings is 1. The summed E-state index contributed by atoms with van der Waals surface area (Å²) in [7, 11) is 2.05. The minimum atomic E-state index is 0. The van der Waals surface area contributed by atoms with Crippen LogP contribution in [0, 0.1) is 0 Å². The fourth-order valence-electron chi connectivity index (χ4n) is 3.43. The molecule has 0 amide bonds. The standard InChI is InChI=1S/C23H24N3O2S2.ClH/c1-3-26-22(16-17-8-6-7-13-25(17)14-15-27)30-20(23(26)28)11-12-21-24(2)18-9-4-5-10-19(18)29-21;/h4-13,16,27H,3,14-15H2,1-2H3;1H/q+1;/p-1/b20-11-,21-12-;. The maximum atomic E-state index is 13.0. The Morgan fingerprint density at radius 1 is 1.13 bits per heavy atom. The van der Waals surface area contributed by atoms with E-state index in [9.17, 15) is 9.90 Å². The summed E-state index contributed by atoms with van der Waals surface area (Å²) in [5, 5.41) is 10.4. The third-order valence-electron chi connectivity index (χ3n) is 4.99. The minimum Gasteiger partial charge on any atom is -1.00 e. The Morgan fingerprint density at radius 3 is 2.65 bits per heavy atom. The van der Waals surface area contributed by atoms with Gasteiger partial charge in [0.1, 0.15) is 11.3 Å². The highest BCUT2D eigenvalue weighted by Crippen LogP contribution is 2.44. The first-order chi connectivity index (χ1) is 14.6. The second-order valence-corrected chi connectivity index (χ2v) is 8.97. The zero-order valence-corrected chi connectivity index (χ0v) is 19.8. The van der Waals surface area contributed by atoms with Crippen LogP contribution in [-0.4, -0.2) is 23.3 Å². The molecule has 162 valence electrons. The van der Waals surface area contributed by atoms with Gasteiger partial charge >= 0.3 is 0 Å². The number of fused-ring (bicyclic) bond motifs is 1. The summed E-state index contributed by atoms with van der Waals surface area (Å²) >= 11 is 3.20. The number of anilines is 1. The monoisotopic (exact) mass is 473 g/mol. The Balaban J connectivity index is 0.00000272. The van der Waals surface area contributed by atoms with Crippen molar-refractivity contribution >= 4 is 40.9 Å². The lowest BCUT2D eigenvalue weighted by Crippen LogP contribution is -3.00. The number of pyridine rings is 1. The normalized spacial score (nSPS) is 15.5. The molecule has 5 nitrogen and oxygen atoms in total. The number of allylic oxidation sites excluding steroid dienone is 1. The Bertz CT molecular complexity index is 1280. The zero-order valence-electron chi connectivity index (χ0n) is 17.4. The molecule has 1 aliphatic rings. The van der Waals surface area contributed by atoms with E-state index in [1.807, 2.05) is 73.3 Å². The van der Waals surface area contributed by atoms with Crippen molar-refractivity contribution in [3.05, 3.63) is 85.0 Å². The van der Waals surface area contributed by atoms with E-state index in [0.29, 0.717) is 17.6 Å². The number of hydrogen-bond acceptors (Lipinski definition) is 5. The van der Waals surface area contributed by atoms with E-state index in [-0.39, 0.29) is 24.6 Å². The zero-order chi connectivity index (χ0) is 21.1. The second kappa shape index (κ2) is 10.3. The van der Waals surface area contributed by atoms with Crippen LogP contribution in [0.1, 0.15) is 12.6 Å². The van der Waals surface area contributed by atoms with E-state index in [1.54, 1.807) is 16.3 Å². The first-order valence-electron chi connectivity index (χ1n) is 9.85. The average Bonchev–Trinajstić information content (AvgIpc) is 3.24. The second-order valence-electron chi connectivity index (χ2n) is 6.84. The molecule has 1 aromatic carbocycles. The van der Waals surface area contributed by atoms with E-state index >= 15 is 0 Å². The maximum absolute atomic E-state index is 13.0. The van der Waals surface area contributed by atoms with Gasteiger partial charge in [0.15, 0.2) is 12.7 Å². The van der Waals surface area contributed by atoms with Gasteiger partial charge in [0.25, 0.3) is 5.56 Å². The van der Waals surface area contributed by atoms with Gasteiger partial charge in [0.05, 0.1) is 15.2 Å². The van der Waals surface area contributed by atoms with Gasteiger partial charge < -0.3 is 22.4 Å². The molecule has 0 unspecified atom stereocenters. The molecule has 1 N–H and O–H groups in total. The lowest BCUT2D eigenvalue weighted by atomic mass is 10.3. The number of aliphatic hydroxyl groups is 1. The van der Waals surface area contributed by atoms with Gasteiger partial charge in [-0.3, -0.25) is 9.36 Å². The summed E-state index contributed by atoms with van der Waals surface area (Å²) in [5.74, 6) is 0. The SMILES string of the molecule is CCn1c(=O)/c(=C/C=C2\Sc3ccccc3N2C)s/c1=C\c1cccc[n+]1CCO.[Cl-]. The molecule has 2 aromatic heterocycles. The molecule has 31 heavy (non-hydrogen) atoms. The topological polar surface area (TPSA) is 49.4 Å². The highest BCUT2D eigenvalue weighted by Gasteiger charge is 2.20. The number of hydrogen-bond donors (Lipinski definition) is 1. The van der Waals surface area contributed by atoms with Gasteiger partial charge in [-0.2, -0.15) is 4.57 Å². The molecule has 0 bridgehead atoms. The van der Waals surface area contributed by atoms with Crippen molar-refractivity contribution in [2.45, 2.75) is 24.9 Å². The van der Waals surface area contributed by atoms with E-state index in [2.05, 4.69) is 17.0 Å². The lowest BCUT2D eigenvalue weighted by molar-refractivity contribution is -0.699. The molecular formula is C23H24ClN3O2S2. The van der Waals surface area contributed by atoms with Crippen LogP contribution in [0.25, 0.3) is 12.2 Å². The quantitative estimate of drug-likeness (QED) is 0.478. The van der Waals surface area contributed by atoms with Gasteiger partial charge in [-0.25, -0.2) is 0 Å². The van der Waals surface area contributed by atoms with E-state index in [4.69, 9.17) is 0 Å². The Hall–Kier alpha value is -2.32. The van der Waals surface area contributed by atoms with Crippen molar-refractivity contribution in [3.63, 3.8) is 0 Å². The fourth-order valence-corrected chi connectivity index (χ4v) is 5.54. The van der Waals surface area contributed by atoms with Gasteiger partial charge in [-0.1, -0.05) is 23.9 Å². The first kappa shape index (κ1) is 23.3. The first-order valence-corrected chi connectivity index (χ1v) is 11.5. The van der Waals surface area contributed by atoms with Gasteiger partial charge in [-0.05, 0) is 37.3 Å². The van der Waals surface area contributed by atoms with Crippen LogP contribution >= 0.6 is 23.1 Å². The van der Waals surface area contributed by atoms with Gasteiger partial charge in [0.2, 0.25) is 5.69 Å². The van der Waals surface area contributed by atoms with Crippen LogP contribution in [0.4, 0.5) is 5.69 Å². The van der Waals surface area contributed by atoms with Crippen LogP contribution in [0.15, 0.2) is 69.5 Å². The summed E-state index contributed by atoms with van der Waals surface area (Å²) in [5.41, 5.74) is 2.17.